The molecule has 1 aliphatic carbocycles. The molecule has 0 aromatic heterocycles. The van der Waals surface area contributed by atoms with Crippen molar-refractivity contribution in [1.82, 2.24) is 0 Å². The van der Waals surface area contributed by atoms with Gasteiger partial charge in [0.2, 0.25) is 0 Å². The van der Waals surface area contributed by atoms with Gasteiger partial charge in [-0.3, -0.25) is 0 Å². The summed E-state index contributed by atoms with van der Waals surface area (Å²) in [6.07, 6.45) is 13.6. The standard InChI is InChI=1S/C37H46O3/c1-4-6-7-9-28-11-13-30(14-12-28)31-15-17-32(18-16-31)33-21-22-36(27(3)24-33)34-20-19-29(10-8-23-38)35(25-34)26-40-37(39)5-2/h5,15-22,24-25,28,30,38H,2,4,6-14,23,26H2,1,3H3. The lowest BCUT2D eigenvalue weighted by molar-refractivity contribution is -0.138. The molecule has 0 spiro atoms. The van der Waals surface area contributed by atoms with Gasteiger partial charge in [-0.2, -0.15) is 0 Å². The van der Waals surface area contributed by atoms with E-state index >= 15 is 0 Å². The van der Waals surface area contributed by atoms with Gasteiger partial charge in [-0.15, -0.1) is 0 Å². The summed E-state index contributed by atoms with van der Waals surface area (Å²) in [6.45, 7) is 8.27. The molecule has 0 atom stereocenters. The topological polar surface area (TPSA) is 46.5 Å². The molecule has 0 aliphatic heterocycles. The number of esters is 1. The minimum absolute atomic E-state index is 0.134. The van der Waals surface area contributed by atoms with Crippen LogP contribution in [0.15, 0.2) is 73.3 Å². The van der Waals surface area contributed by atoms with Crippen LogP contribution >= 0.6 is 0 Å². The van der Waals surface area contributed by atoms with Gasteiger partial charge in [0.05, 0.1) is 0 Å². The summed E-state index contributed by atoms with van der Waals surface area (Å²) in [5, 5.41) is 9.29. The maximum atomic E-state index is 11.7. The van der Waals surface area contributed by atoms with Gasteiger partial charge in [-0.1, -0.05) is 93.8 Å². The average molecular weight is 539 g/mol. The van der Waals surface area contributed by atoms with Crippen LogP contribution in [0.2, 0.25) is 0 Å². The van der Waals surface area contributed by atoms with Crippen molar-refractivity contribution in [3.8, 4) is 22.3 Å². The van der Waals surface area contributed by atoms with Crippen LogP contribution in [-0.4, -0.2) is 17.7 Å². The fourth-order valence-electron chi connectivity index (χ4n) is 6.23. The van der Waals surface area contributed by atoms with Gasteiger partial charge >= 0.3 is 5.97 Å². The molecule has 0 radical (unpaired) electrons. The highest BCUT2D eigenvalue weighted by Gasteiger charge is 2.22. The lowest BCUT2D eigenvalue weighted by Gasteiger charge is -2.29. The monoisotopic (exact) mass is 538 g/mol. The number of aliphatic hydroxyl groups excluding tert-OH is 1. The largest absolute Gasteiger partial charge is 0.458 e. The van der Waals surface area contributed by atoms with Crippen molar-refractivity contribution in [2.45, 2.75) is 90.6 Å². The Hall–Kier alpha value is -3.17. The third-order valence-electron chi connectivity index (χ3n) is 8.66. The summed E-state index contributed by atoms with van der Waals surface area (Å²) >= 11 is 0. The fourth-order valence-corrected chi connectivity index (χ4v) is 6.23. The lowest BCUT2D eigenvalue weighted by Crippen LogP contribution is -2.13. The molecule has 3 nitrogen and oxygen atoms in total. The van der Waals surface area contributed by atoms with Gasteiger partial charge in [0.1, 0.15) is 6.61 Å². The van der Waals surface area contributed by atoms with Crippen molar-refractivity contribution in [2.24, 2.45) is 5.92 Å². The van der Waals surface area contributed by atoms with E-state index < -0.39 is 5.97 Å². The second-order valence-corrected chi connectivity index (χ2v) is 11.5. The minimum atomic E-state index is -0.430. The number of hydrogen-bond acceptors (Lipinski definition) is 3. The Kier molecular flexibility index (Phi) is 11.2. The molecule has 40 heavy (non-hydrogen) atoms. The predicted molar refractivity (Wildman–Crippen MR) is 166 cm³/mol. The highest BCUT2D eigenvalue weighted by Crippen LogP contribution is 2.38. The Balaban J connectivity index is 1.45. The summed E-state index contributed by atoms with van der Waals surface area (Å²) in [4.78, 5) is 11.7. The molecule has 0 bridgehead atoms. The molecular formula is C37H46O3. The molecule has 3 aromatic carbocycles. The van der Waals surface area contributed by atoms with Gasteiger partial charge < -0.3 is 9.84 Å². The summed E-state index contributed by atoms with van der Waals surface area (Å²) < 4.78 is 5.35. The molecular weight excluding hydrogens is 492 g/mol. The number of unbranched alkanes of at least 4 members (excludes halogenated alkanes) is 2. The molecule has 0 unspecified atom stereocenters. The van der Waals surface area contributed by atoms with Crippen molar-refractivity contribution >= 4 is 5.97 Å². The second-order valence-electron chi connectivity index (χ2n) is 11.5. The van der Waals surface area contributed by atoms with E-state index in [1.807, 2.05) is 0 Å². The third kappa shape index (κ3) is 7.95. The molecule has 3 heteroatoms. The fraction of sp³-hybridized carbons (Fsp3) is 0.432. The van der Waals surface area contributed by atoms with Crippen LogP contribution in [0.5, 0.6) is 0 Å². The van der Waals surface area contributed by atoms with E-state index in [1.165, 1.54) is 85.3 Å². The van der Waals surface area contributed by atoms with Crippen LogP contribution in [0.25, 0.3) is 22.3 Å². The van der Waals surface area contributed by atoms with E-state index in [2.05, 4.69) is 81.1 Å². The van der Waals surface area contributed by atoms with Crippen molar-refractivity contribution in [1.29, 1.82) is 0 Å². The Morgan fingerprint density at radius 1 is 0.900 bits per heavy atom. The first-order valence-corrected chi connectivity index (χ1v) is 15.3. The van der Waals surface area contributed by atoms with E-state index in [4.69, 9.17) is 4.74 Å². The first kappa shape index (κ1) is 29.8. The molecule has 0 saturated heterocycles. The van der Waals surface area contributed by atoms with Gasteiger partial charge in [-0.05, 0) is 108 Å². The Labute approximate surface area is 241 Å². The van der Waals surface area contributed by atoms with Crippen LogP contribution in [0.3, 0.4) is 0 Å². The molecule has 0 heterocycles. The maximum absolute atomic E-state index is 11.7. The zero-order valence-electron chi connectivity index (χ0n) is 24.5. The Morgan fingerprint density at radius 3 is 2.30 bits per heavy atom. The van der Waals surface area contributed by atoms with E-state index in [0.29, 0.717) is 12.3 Å². The molecule has 1 saturated carbocycles. The number of aryl methyl sites for hydroxylation is 2. The van der Waals surface area contributed by atoms with Gasteiger partial charge in [0.25, 0.3) is 0 Å². The van der Waals surface area contributed by atoms with Gasteiger partial charge in [0.15, 0.2) is 0 Å². The predicted octanol–water partition coefficient (Wildman–Crippen LogP) is 9.34. The summed E-state index contributed by atoms with van der Waals surface area (Å²) in [5.74, 6) is 1.22. The lowest BCUT2D eigenvalue weighted by atomic mass is 9.77. The summed E-state index contributed by atoms with van der Waals surface area (Å²) in [5.41, 5.74) is 9.51. The smallest absolute Gasteiger partial charge is 0.330 e. The number of benzene rings is 3. The SMILES string of the molecule is C=CC(=O)OCc1cc(-c2ccc(-c3ccc(C4CCC(CCCCC)CC4)cc3)cc2C)ccc1CCCO. The van der Waals surface area contributed by atoms with Crippen LogP contribution in [0.4, 0.5) is 0 Å². The number of rotatable bonds is 13. The van der Waals surface area contributed by atoms with Gasteiger partial charge in [0, 0.05) is 12.7 Å². The van der Waals surface area contributed by atoms with E-state index in [0.717, 1.165) is 29.0 Å². The highest BCUT2D eigenvalue weighted by molar-refractivity contribution is 5.81. The van der Waals surface area contributed by atoms with Gasteiger partial charge in [-0.25, -0.2) is 4.79 Å². The van der Waals surface area contributed by atoms with Crippen LogP contribution in [0, 0.1) is 12.8 Å². The average Bonchev–Trinajstić information content (AvgIpc) is 2.99. The molecule has 3 aromatic rings. The molecule has 1 aliphatic rings. The Bertz CT molecular complexity index is 1250. The van der Waals surface area contributed by atoms with Crippen LogP contribution in [-0.2, 0) is 22.6 Å². The maximum Gasteiger partial charge on any atom is 0.330 e. The first-order valence-electron chi connectivity index (χ1n) is 15.3. The number of carbonyl (C=O) groups excluding carboxylic acids is 1. The Morgan fingerprint density at radius 2 is 1.62 bits per heavy atom. The van der Waals surface area contributed by atoms with E-state index in [1.54, 1.807) is 0 Å². The molecule has 0 amide bonds. The first-order chi connectivity index (χ1) is 19.5. The van der Waals surface area contributed by atoms with Crippen molar-refractivity contribution in [3.63, 3.8) is 0 Å². The number of ether oxygens (including phenoxy) is 1. The third-order valence-corrected chi connectivity index (χ3v) is 8.66. The number of aliphatic hydroxyl groups is 1. The van der Waals surface area contributed by atoms with Crippen LogP contribution < -0.4 is 0 Å². The quantitative estimate of drug-likeness (QED) is 0.134. The van der Waals surface area contributed by atoms with E-state index in [9.17, 15) is 9.90 Å². The zero-order chi connectivity index (χ0) is 28.3. The van der Waals surface area contributed by atoms with Crippen molar-refractivity contribution in [3.05, 3.63) is 95.6 Å². The van der Waals surface area contributed by atoms with Crippen LogP contribution in [0.1, 0.15) is 92.9 Å². The summed E-state index contributed by atoms with van der Waals surface area (Å²) in [6, 6.07) is 22.3. The highest BCUT2D eigenvalue weighted by atomic mass is 16.5. The van der Waals surface area contributed by atoms with Crippen molar-refractivity contribution in [2.75, 3.05) is 6.61 Å². The minimum Gasteiger partial charge on any atom is -0.458 e. The van der Waals surface area contributed by atoms with E-state index in [-0.39, 0.29) is 13.2 Å². The zero-order valence-corrected chi connectivity index (χ0v) is 24.5. The number of carbonyl (C=O) groups is 1. The van der Waals surface area contributed by atoms with Crippen molar-refractivity contribution < 1.29 is 14.6 Å². The summed E-state index contributed by atoms with van der Waals surface area (Å²) in [7, 11) is 0. The second kappa shape index (κ2) is 15.0. The molecule has 1 N–H and O–H groups in total. The molecule has 212 valence electrons. The number of hydrogen-bond donors (Lipinski definition) is 1. The molecule has 4 rings (SSSR count). The molecule has 1 fully saturated rings. The normalized spacial score (nSPS) is 17.0.